The number of hydrogen-bond acceptors (Lipinski definition) is 18. The zero-order chi connectivity index (χ0) is 81.0. The molecule has 1 fully saturated rings. The monoisotopic (exact) mass is 1550 g/mol. The molecule has 23 N–H and O–H groups in total. The number of unbranched alkanes of at least 4 members (excludes halogenated alkanes) is 2. The molecular formula is C77H106N18O15S. The van der Waals surface area contributed by atoms with Gasteiger partial charge in [0.15, 0.2) is 0 Å². The van der Waals surface area contributed by atoms with Crippen molar-refractivity contribution in [3.8, 4) is 0 Å². The van der Waals surface area contributed by atoms with E-state index in [4.69, 9.17) is 22.9 Å². The molecule has 0 spiro atoms. The van der Waals surface area contributed by atoms with E-state index in [1.807, 2.05) is 42.5 Å². The number of benzene rings is 4. The van der Waals surface area contributed by atoms with Crippen molar-refractivity contribution in [1.29, 1.82) is 0 Å². The van der Waals surface area contributed by atoms with Crippen LogP contribution in [0.3, 0.4) is 0 Å². The number of para-hydroxylation sites is 2. The molecule has 2 aromatic heterocycles. The van der Waals surface area contributed by atoms with Crippen LogP contribution in [0.2, 0.25) is 0 Å². The zero-order valence-electron chi connectivity index (χ0n) is 63.3. The van der Waals surface area contributed by atoms with E-state index in [1.54, 1.807) is 102 Å². The van der Waals surface area contributed by atoms with Crippen LogP contribution in [0, 0.1) is 17.8 Å². The number of H-pyrrole nitrogens is 2. The minimum Gasteiger partial charge on any atom is -0.394 e. The van der Waals surface area contributed by atoms with Crippen molar-refractivity contribution in [2.75, 3.05) is 37.7 Å². The molecule has 1 aliphatic rings. The summed E-state index contributed by atoms with van der Waals surface area (Å²) < 4.78 is 0. The molecule has 33 nitrogen and oxygen atoms in total. The molecule has 1 aliphatic heterocycles. The van der Waals surface area contributed by atoms with Crippen molar-refractivity contribution in [3.05, 3.63) is 120 Å². The Morgan fingerprint density at radius 2 is 0.910 bits per heavy atom. The summed E-state index contributed by atoms with van der Waals surface area (Å²) in [7, 11) is 0. The molecule has 34 heteroatoms. The van der Waals surface area contributed by atoms with Crippen LogP contribution < -0.4 is 86.7 Å². The predicted molar refractivity (Wildman–Crippen MR) is 418 cm³/mol. The molecule has 111 heavy (non-hydrogen) atoms. The molecule has 14 amide bonds. The van der Waals surface area contributed by atoms with E-state index >= 15 is 9.59 Å². The Balaban J connectivity index is 1.26. The minimum atomic E-state index is -1.81. The van der Waals surface area contributed by atoms with Crippen LogP contribution >= 0.6 is 11.8 Å². The zero-order valence-corrected chi connectivity index (χ0v) is 64.1. The summed E-state index contributed by atoms with van der Waals surface area (Å²) in [6.07, 6.45) is 3.28. The molecule has 3 heterocycles. The van der Waals surface area contributed by atoms with Crippen LogP contribution in [-0.4, -0.2) is 202 Å². The number of carbonyl (C=O) groups excluding carboxylic acids is 14. The number of thioether (sulfide) groups is 1. The van der Waals surface area contributed by atoms with Crippen LogP contribution in [0.4, 0.5) is 0 Å². The second kappa shape index (κ2) is 42.8. The Morgan fingerprint density at radius 3 is 1.42 bits per heavy atom. The number of aliphatic hydroxyl groups excluding tert-OH is 1. The number of nitrogens with one attached hydrogen (secondary N) is 14. The Morgan fingerprint density at radius 1 is 0.468 bits per heavy atom. The first-order chi connectivity index (χ1) is 53.0. The van der Waals surface area contributed by atoms with E-state index in [9.17, 15) is 62.6 Å². The summed E-state index contributed by atoms with van der Waals surface area (Å²) in [6.45, 7) is 8.37. The Hall–Kier alpha value is -11.0. The molecule has 12 atom stereocenters. The molecular weight excluding hydrogens is 1450 g/mol. The van der Waals surface area contributed by atoms with Gasteiger partial charge in [0, 0.05) is 59.2 Å². The number of aromatic nitrogens is 2. The maximum absolute atomic E-state index is 15.0. The third kappa shape index (κ3) is 25.8. The lowest BCUT2D eigenvalue weighted by Crippen LogP contribution is -2.62. The molecule has 0 bridgehead atoms. The fourth-order valence-corrected chi connectivity index (χ4v) is 13.6. The molecule has 4 aromatic carbocycles. The van der Waals surface area contributed by atoms with Crippen molar-refractivity contribution in [2.45, 2.75) is 179 Å². The first-order valence-electron chi connectivity index (χ1n) is 37.4. The number of fused-ring (bicyclic) bond motifs is 3. The van der Waals surface area contributed by atoms with Crippen molar-refractivity contribution in [1.82, 2.24) is 73.8 Å². The fourth-order valence-electron chi connectivity index (χ4n) is 12.8. The van der Waals surface area contributed by atoms with Crippen LogP contribution in [0.15, 0.2) is 103 Å². The topological polar surface area (TPSA) is 539 Å². The summed E-state index contributed by atoms with van der Waals surface area (Å²) in [5, 5.41) is 45.2. The largest absolute Gasteiger partial charge is 0.394 e. The van der Waals surface area contributed by atoms with Crippen molar-refractivity contribution in [3.63, 3.8) is 0 Å². The first kappa shape index (κ1) is 87.3. The normalized spacial score (nSPS) is 23.4. The van der Waals surface area contributed by atoms with Gasteiger partial charge >= 0.3 is 0 Å². The molecule has 6 aromatic rings. The average Bonchev–Trinajstić information content (AvgIpc) is 1.74. The van der Waals surface area contributed by atoms with Crippen molar-refractivity contribution < 1.29 is 72.2 Å². The smallest absolute Gasteiger partial charge is 0.245 e. The summed E-state index contributed by atoms with van der Waals surface area (Å²) >= 11 is 0.873. The third-order valence-corrected chi connectivity index (χ3v) is 20.3. The highest BCUT2D eigenvalue weighted by molar-refractivity contribution is 8.00. The summed E-state index contributed by atoms with van der Waals surface area (Å²) in [4.78, 5) is 207. The van der Waals surface area contributed by atoms with Gasteiger partial charge in [-0.2, -0.15) is 0 Å². The predicted octanol–water partition coefficient (Wildman–Crippen LogP) is -1.00. The number of hydrogen-bond donors (Lipinski definition) is 19. The molecule has 1 saturated heterocycles. The lowest BCUT2D eigenvalue weighted by Gasteiger charge is -2.29. The summed E-state index contributed by atoms with van der Waals surface area (Å²) in [5.74, 6) is -15.9. The Labute approximate surface area is 647 Å². The number of aromatic amines is 2. The van der Waals surface area contributed by atoms with Crippen LogP contribution in [0.25, 0.3) is 32.6 Å². The lowest BCUT2D eigenvalue weighted by molar-refractivity contribution is -0.137. The van der Waals surface area contributed by atoms with Gasteiger partial charge in [0.25, 0.3) is 0 Å². The van der Waals surface area contributed by atoms with Crippen LogP contribution in [0.1, 0.15) is 110 Å². The minimum absolute atomic E-state index is 0.0362. The highest BCUT2D eigenvalue weighted by atomic mass is 32.2. The number of rotatable bonds is 22. The quantitative estimate of drug-likeness (QED) is 0.0362. The van der Waals surface area contributed by atoms with E-state index in [0.29, 0.717) is 51.3 Å². The van der Waals surface area contributed by atoms with Gasteiger partial charge in [-0.05, 0) is 109 Å². The van der Waals surface area contributed by atoms with Crippen molar-refractivity contribution >= 4 is 127 Å². The molecule has 0 unspecified atom stereocenters. The second-order valence-corrected chi connectivity index (χ2v) is 29.5. The summed E-state index contributed by atoms with van der Waals surface area (Å²) in [5.41, 5.74) is 26.4. The SMILES string of the molecule is CC[C@H](C)[C@@H]1NC(=O)[C@@H](Cc2ccc3ccccc3c2)NC(=O)CSC[C@@H](C(N)=O)NC(=O)[C@H](C(C)C)NC(=O)[C@H](Cc2c[nH]c3ccccc23)NC(=O)[C@H](CCCCN)NC(=O)[C@H](C(C)C)NC(=O)[C@H](Cc2c[nH]c3ccccc23)NC(=O)[C@H](CC(N)=O)NC(=O)[C@H](CCCCN)NC(=O)CNC(=O)[C@H](CO)NC1=O. The lowest BCUT2D eigenvalue weighted by atomic mass is 9.96. The third-order valence-electron chi connectivity index (χ3n) is 19.3. The van der Waals surface area contributed by atoms with E-state index in [1.165, 1.54) is 0 Å². The van der Waals surface area contributed by atoms with E-state index in [2.05, 4.69) is 73.8 Å². The van der Waals surface area contributed by atoms with Gasteiger partial charge in [0.05, 0.1) is 25.3 Å². The van der Waals surface area contributed by atoms with Gasteiger partial charge in [-0.3, -0.25) is 67.1 Å². The molecule has 600 valence electrons. The van der Waals surface area contributed by atoms with Crippen LogP contribution in [0.5, 0.6) is 0 Å². The number of nitrogens with two attached hydrogens (primary N) is 4. The molecule has 7 rings (SSSR count). The average molecular weight is 1560 g/mol. The second-order valence-electron chi connectivity index (χ2n) is 28.5. The standard InChI is InChI=1S/C77H106N18O15S/c1-7-43(6)66-77(110)91-59(38-96)68(101)84-37-62(98)85-53(24-14-16-28-78)69(102)90-58(34-61(80)97)71(104)89-57(33-48-36-83-52-23-13-11-21-50(48)52)74(107)93-64(41(2)3)75(108)87-54(25-15-17-29-79)70(103)88-56(32-47-35-82-51-22-12-10-20-49(47)51)73(106)94-65(42(4)5)76(109)92-60(67(81)100)39-111-40-63(99)86-55(72(105)95-66)31-44-26-27-45-18-8-9-19-46(45)30-44/h8-13,18-23,26-27,30,35-36,41-43,53-60,64-66,82-83,96H,7,14-17,24-25,28-29,31-34,37-40,78-79H2,1-6H3,(H2,80,97)(H2,81,100)(H,84,101)(H,85,98)(H,86,99)(H,87,108)(H,88,103)(H,89,104)(H,90,102)(H,91,110)(H,92,109)(H,93,107)(H,94,106)(H,95,105)/t43-,53-,54-,55+,56-,57-,58-,59-,60-,64-,65-,66-/m0/s1. The number of amides is 14. The molecule has 0 radical (unpaired) electrons. The first-order valence-corrected chi connectivity index (χ1v) is 38.5. The fraction of sp³-hybridized carbons (Fsp3) is 0.481. The van der Waals surface area contributed by atoms with Crippen molar-refractivity contribution in [2.24, 2.45) is 40.7 Å². The summed E-state index contributed by atoms with van der Waals surface area (Å²) in [6, 6.07) is 10.5. The van der Waals surface area contributed by atoms with E-state index < -0.39 is 192 Å². The Kier molecular flexibility index (Phi) is 33.7. The van der Waals surface area contributed by atoms with Gasteiger partial charge < -0.3 is 102 Å². The van der Waals surface area contributed by atoms with Gasteiger partial charge in [-0.15, -0.1) is 11.8 Å². The highest BCUT2D eigenvalue weighted by Crippen LogP contribution is 2.24. The van der Waals surface area contributed by atoms with E-state index in [-0.39, 0.29) is 70.2 Å². The van der Waals surface area contributed by atoms with Gasteiger partial charge in [-0.25, -0.2) is 0 Å². The number of primary amides is 2. The number of aliphatic hydroxyl groups is 1. The van der Waals surface area contributed by atoms with E-state index in [0.717, 1.165) is 22.5 Å². The molecule has 0 saturated carbocycles. The van der Waals surface area contributed by atoms with Gasteiger partial charge in [0.2, 0.25) is 82.7 Å². The molecule has 0 aliphatic carbocycles. The van der Waals surface area contributed by atoms with Crippen LogP contribution in [-0.2, 0) is 86.4 Å². The number of carbonyl (C=O) groups is 14. The van der Waals surface area contributed by atoms with Gasteiger partial charge in [-0.1, -0.05) is 127 Å². The highest BCUT2D eigenvalue weighted by Gasteiger charge is 2.39. The Bertz CT molecular complexity index is 4280. The maximum atomic E-state index is 15.0. The van der Waals surface area contributed by atoms with Gasteiger partial charge in [0.1, 0.15) is 66.5 Å². The maximum Gasteiger partial charge on any atom is 0.245 e.